The van der Waals surface area contributed by atoms with E-state index in [0.717, 1.165) is 19.3 Å². The fourth-order valence-corrected chi connectivity index (χ4v) is 2.54. The van der Waals surface area contributed by atoms with Crippen LogP contribution in [0.25, 0.3) is 0 Å². The van der Waals surface area contributed by atoms with Crippen molar-refractivity contribution < 1.29 is 32.2 Å². The summed E-state index contributed by atoms with van der Waals surface area (Å²) in [7, 11) is 0. The molecular formula is C20H27F3O4. The van der Waals surface area contributed by atoms with E-state index in [9.17, 15) is 22.8 Å². The molecule has 0 aliphatic heterocycles. The van der Waals surface area contributed by atoms with Crippen LogP contribution in [0.3, 0.4) is 0 Å². The van der Waals surface area contributed by atoms with Gasteiger partial charge in [-0.2, -0.15) is 13.2 Å². The number of halogens is 3. The van der Waals surface area contributed by atoms with E-state index in [1.165, 1.54) is 49.9 Å². The molecule has 1 aromatic rings. The molecule has 0 saturated carbocycles. The second-order valence-electron chi connectivity index (χ2n) is 6.35. The molecular weight excluding hydrogens is 361 g/mol. The van der Waals surface area contributed by atoms with Crippen LogP contribution < -0.4 is 0 Å². The van der Waals surface area contributed by atoms with Crippen LogP contribution >= 0.6 is 0 Å². The minimum Gasteiger partial charge on any atom is -0.462 e. The summed E-state index contributed by atoms with van der Waals surface area (Å²) in [6.07, 6.45) is 4.16. The number of ether oxygens (including phenoxy) is 2. The van der Waals surface area contributed by atoms with E-state index < -0.39 is 24.7 Å². The van der Waals surface area contributed by atoms with Crippen molar-refractivity contribution in [1.29, 1.82) is 0 Å². The Morgan fingerprint density at radius 2 is 1.30 bits per heavy atom. The number of hydrogen-bond acceptors (Lipinski definition) is 4. The summed E-state index contributed by atoms with van der Waals surface area (Å²) >= 11 is 0. The van der Waals surface area contributed by atoms with Crippen LogP contribution in [0.5, 0.6) is 0 Å². The van der Waals surface area contributed by atoms with Crippen LogP contribution in [-0.4, -0.2) is 31.3 Å². The third-order valence-corrected chi connectivity index (χ3v) is 3.96. The third-order valence-electron chi connectivity index (χ3n) is 3.96. The molecule has 0 fully saturated rings. The molecule has 0 aromatic heterocycles. The molecule has 0 radical (unpaired) electrons. The Balaban J connectivity index is 2.39. The summed E-state index contributed by atoms with van der Waals surface area (Å²) in [5, 5.41) is 0. The largest absolute Gasteiger partial charge is 0.462 e. The monoisotopic (exact) mass is 388 g/mol. The van der Waals surface area contributed by atoms with E-state index in [1.54, 1.807) is 0 Å². The Labute approximate surface area is 158 Å². The van der Waals surface area contributed by atoms with Gasteiger partial charge in [-0.15, -0.1) is 0 Å². The molecule has 152 valence electrons. The summed E-state index contributed by atoms with van der Waals surface area (Å²) in [4.78, 5) is 23.9. The predicted molar refractivity (Wildman–Crippen MR) is 95.7 cm³/mol. The summed E-state index contributed by atoms with van der Waals surface area (Å²) in [6, 6.07) is 5.53. The SMILES string of the molecule is CCCCCCCCCCOC(=O)c1ccccc1C(=O)OCC(F)(F)F. The molecule has 0 saturated heterocycles. The topological polar surface area (TPSA) is 52.6 Å². The Kier molecular flexibility index (Phi) is 10.5. The van der Waals surface area contributed by atoms with Gasteiger partial charge in [-0.3, -0.25) is 0 Å². The molecule has 0 spiro atoms. The molecule has 0 atom stereocenters. The second kappa shape index (κ2) is 12.4. The normalized spacial score (nSPS) is 11.3. The van der Waals surface area contributed by atoms with Gasteiger partial charge in [0.05, 0.1) is 17.7 Å². The fourth-order valence-electron chi connectivity index (χ4n) is 2.54. The van der Waals surface area contributed by atoms with Crippen LogP contribution in [0.15, 0.2) is 24.3 Å². The maximum absolute atomic E-state index is 12.2. The lowest BCUT2D eigenvalue weighted by Gasteiger charge is -2.11. The Morgan fingerprint density at radius 3 is 1.81 bits per heavy atom. The molecule has 1 rings (SSSR count). The number of carbonyl (C=O) groups is 2. The predicted octanol–water partition coefficient (Wildman–Crippen LogP) is 5.70. The number of benzene rings is 1. The average Bonchev–Trinajstić information content (AvgIpc) is 2.64. The quantitative estimate of drug-likeness (QED) is 0.340. The Hall–Kier alpha value is -2.05. The van der Waals surface area contributed by atoms with Gasteiger partial charge in [0.15, 0.2) is 6.61 Å². The molecule has 1 aromatic carbocycles. The Bertz CT molecular complexity index is 585. The van der Waals surface area contributed by atoms with Crippen LogP contribution in [0.2, 0.25) is 0 Å². The van der Waals surface area contributed by atoms with Crippen molar-refractivity contribution in [2.24, 2.45) is 0 Å². The molecule has 0 aliphatic rings. The molecule has 4 nitrogen and oxygen atoms in total. The third kappa shape index (κ3) is 10.0. The van der Waals surface area contributed by atoms with Gasteiger partial charge in [0, 0.05) is 0 Å². The lowest BCUT2D eigenvalue weighted by molar-refractivity contribution is -0.161. The highest BCUT2D eigenvalue weighted by Crippen LogP contribution is 2.18. The lowest BCUT2D eigenvalue weighted by Crippen LogP contribution is -2.22. The first-order chi connectivity index (χ1) is 12.8. The number of alkyl halides is 3. The first kappa shape index (κ1) is 23.0. The van der Waals surface area contributed by atoms with E-state index in [1.807, 2.05) is 0 Å². The maximum atomic E-state index is 12.2. The van der Waals surface area contributed by atoms with E-state index in [-0.39, 0.29) is 17.7 Å². The number of hydrogen-bond donors (Lipinski definition) is 0. The number of unbranched alkanes of at least 4 members (excludes halogenated alkanes) is 7. The highest BCUT2D eigenvalue weighted by Gasteiger charge is 2.30. The minimum absolute atomic E-state index is 0.0933. The van der Waals surface area contributed by atoms with Gasteiger partial charge in [0.2, 0.25) is 0 Å². The summed E-state index contributed by atoms with van der Waals surface area (Å²) in [5.41, 5.74) is -0.327. The minimum atomic E-state index is -4.62. The Morgan fingerprint density at radius 1 is 0.815 bits per heavy atom. The van der Waals surface area contributed by atoms with Crippen LogP contribution in [-0.2, 0) is 9.47 Å². The zero-order chi connectivity index (χ0) is 20.1. The van der Waals surface area contributed by atoms with Crippen molar-refractivity contribution in [2.45, 2.75) is 64.5 Å². The average molecular weight is 388 g/mol. The van der Waals surface area contributed by atoms with Gasteiger partial charge in [-0.1, -0.05) is 64.0 Å². The van der Waals surface area contributed by atoms with Crippen molar-refractivity contribution in [2.75, 3.05) is 13.2 Å². The molecule has 0 heterocycles. The number of esters is 2. The zero-order valence-corrected chi connectivity index (χ0v) is 15.6. The van der Waals surface area contributed by atoms with Gasteiger partial charge in [-0.25, -0.2) is 9.59 Å². The molecule has 0 N–H and O–H groups in total. The van der Waals surface area contributed by atoms with E-state index in [4.69, 9.17) is 4.74 Å². The molecule has 0 bridgehead atoms. The summed E-state index contributed by atoms with van der Waals surface area (Å²) in [5.74, 6) is -1.94. The van der Waals surface area contributed by atoms with Gasteiger partial charge in [0.25, 0.3) is 0 Å². The zero-order valence-electron chi connectivity index (χ0n) is 15.6. The van der Waals surface area contributed by atoms with Gasteiger partial charge < -0.3 is 9.47 Å². The first-order valence-electron chi connectivity index (χ1n) is 9.35. The highest BCUT2D eigenvalue weighted by atomic mass is 19.4. The van der Waals surface area contributed by atoms with Gasteiger partial charge in [-0.05, 0) is 18.6 Å². The van der Waals surface area contributed by atoms with Crippen LogP contribution in [0.1, 0.15) is 79.0 Å². The molecule has 0 unspecified atom stereocenters. The van der Waals surface area contributed by atoms with Crippen molar-refractivity contribution in [3.63, 3.8) is 0 Å². The maximum Gasteiger partial charge on any atom is 0.422 e. The van der Waals surface area contributed by atoms with E-state index >= 15 is 0 Å². The summed E-state index contributed by atoms with van der Waals surface area (Å²) in [6.45, 7) is 0.676. The van der Waals surface area contributed by atoms with Crippen molar-refractivity contribution in [3.05, 3.63) is 35.4 Å². The van der Waals surface area contributed by atoms with Gasteiger partial charge in [0.1, 0.15) is 0 Å². The first-order valence-corrected chi connectivity index (χ1v) is 9.35. The second-order valence-corrected chi connectivity index (χ2v) is 6.35. The highest BCUT2D eigenvalue weighted by molar-refractivity contribution is 6.03. The summed E-state index contributed by atoms with van der Waals surface area (Å²) < 4.78 is 45.9. The smallest absolute Gasteiger partial charge is 0.422 e. The van der Waals surface area contributed by atoms with Crippen molar-refractivity contribution in [3.8, 4) is 0 Å². The molecule has 27 heavy (non-hydrogen) atoms. The number of carbonyl (C=O) groups excluding carboxylic acids is 2. The molecule has 0 aliphatic carbocycles. The fraction of sp³-hybridized carbons (Fsp3) is 0.600. The van der Waals surface area contributed by atoms with Crippen LogP contribution in [0.4, 0.5) is 13.2 Å². The lowest BCUT2D eigenvalue weighted by atomic mass is 10.1. The van der Waals surface area contributed by atoms with E-state index in [2.05, 4.69) is 11.7 Å². The van der Waals surface area contributed by atoms with Crippen LogP contribution in [0, 0.1) is 0 Å². The van der Waals surface area contributed by atoms with Crippen molar-refractivity contribution in [1.82, 2.24) is 0 Å². The van der Waals surface area contributed by atoms with E-state index in [0.29, 0.717) is 6.42 Å². The molecule has 0 amide bonds. The number of rotatable bonds is 12. The van der Waals surface area contributed by atoms with Gasteiger partial charge >= 0.3 is 18.1 Å². The molecule has 7 heteroatoms. The standard InChI is InChI=1S/C20H27F3O4/c1-2-3-4-5-6-7-8-11-14-26-18(24)16-12-9-10-13-17(16)19(25)27-15-20(21,22)23/h9-10,12-13H,2-8,11,14-15H2,1H3. The van der Waals surface area contributed by atoms with Crippen molar-refractivity contribution >= 4 is 11.9 Å².